The van der Waals surface area contributed by atoms with Gasteiger partial charge in [-0.2, -0.15) is 0 Å². The van der Waals surface area contributed by atoms with Gasteiger partial charge in [0.2, 0.25) is 11.8 Å². The lowest BCUT2D eigenvalue weighted by molar-refractivity contribution is -0.129. The standard InChI is InChI=1S/C24H31N3O5/c28-20-6-2-1-4-18(20)14-26-19(5-3-7-21(29)25-32)22(30)27(23(26)31)24-11-15-8-16(12-24)10-17(9-15)13-24/h1-2,4,6,15-17,28,30,32H,3,5,7-14H2,(H,25,29). The summed E-state index contributed by atoms with van der Waals surface area (Å²) in [4.78, 5) is 25.2. The average molecular weight is 442 g/mol. The van der Waals surface area contributed by atoms with E-state index in [9.17, 15) is 19.8 Å². The van der Waals surface area contributed by atoms with Crippen molar-refractivity contribution in [2.24, 2.45) is 17.8 Å². The van der Waals surface area contributed by atoms with Crippen molar-refractivity contribution >= 4 is 5.91 Å². The Morgan fingerprint density at radius 3 is 2.28 bits per heavy atom. The zero-order valence-corrected chi connectivity index (χ0v) is 18.2. The Kier molecular flexibility index (Phi) is 5.28. The molecule has 6 rings (SSSR count). The Morgan fingerprint density at radius 1 is 1.06 bits per heavy atom. The van der Waals surface area contributed by atoms with E-state index in [0.29, 0.717) is 41.9 Å². The molecule has 0 unspecified atom stereocenters. The number of carbonyl (C=O) groups excluding carboxylic acids is 1. The number of rotatable bonds is 7. The zero-order chi connectivity index (χ0) is 22.5. The van der Waals surface area contributed by atoms with Crippen molar-refractivity contribution in [1.29, 1.82) is 0 Å². The smallest absolute Gasteiger partial charge is 0.332 e. The van der Waals surface area contributed by atoms with Gasteiger partial charge in [0, 0.05) is 12.0 Å². The Balaban J connectivity index is 1.55. The van der Waals surface area contributed by atoms with E-state index in [4.69, 9.17) is 5.21 Å². The maximum atomic E-state index is 13.8. The van der Waals surface area contributed by atoms with Gasteiger partial charge in [-0.25, -0.2) is 10.3 Å². The van der Waals surface area contributed by atoms with Gasteiger partial charge in [-0.1, -0.05) is 18.2 Å². The summed E-state index contributed by atoms with van der Waals surface area (Å²) in [6.07, 6.45) is 7.28. The van der Waals surface area contributed by atoms with Gasteiger partial charge in [0.25, 0.3) is 0 Å². The molecule has 4 aliphatic rings. The monoisotopic (exact) mass is 441 g/mol. The summed E-state index contributed by atoms with van der Waals surface area (Å²) in [7, 11) is 0. The van der Waals surface area contributed by atoms with E-state index in [1.165, 1.54) is 19.3 Å². The van der Waals surface area contributed by atoms with Crippen molar-refractivity contribution in [3.63, 3.8) is 0 Å². The molecule has 8 heteroatoms. The van der Waals surface area contributed by atoms with Gasteiger partial charge in [0.1, 0.15) is 5.75 Å². The molecule has 1 aromatic carbocycles. The van der Waals surface area contributed by atoms with E-state index in [1.54, 1.807) is 38.9 Å². The van der Waals surface area contributed by atoms with Gasteiger partial charge in [-0.05, 0) is 75.2 Å². The number of phenols is 1. The van der Waals surface area contributed by atoms with E-state index in [0.717, 1.165) is 19.3 Å². The highest BCUT2D eigenvalue weighted by Gasteiger charge is 2.53. The number of nitrogens with zero attached hydrogens (tertiary/aromatic N) is 2. The van der Waals surface area contributed by atoms with Crippen LogP contribution in [0.25, 0.3) is 0 Å². The predicted octanol–water partition coefficient (Wildman–Crippen LogP) is 2.86. The fourth-order valence-corrected chi connectivity index (χ4v) is 7.04. The third-order valence-electron chi connectivity index (χ3n) is 7.96. The van der Waals surface area contributed by atoms with Crippen molar-refractivity contribution in [3.8, 4) is 11.6 Å². The lowest BCUT2D eigenvalue weighted by atomic mass is 9.53. The zero-order valence-electron chi connectivity index (χ0n) is 18.2. The van der Waals surface area contributed by atoms with Crippen molar-refractivity contribution in [2.45, 2.75) is 69.9 Å². The lowest BCUT2D eigenvalue weighted by Crippen LogP contribution is -2.54. The molecule has 4 bridgehead atoms. The highest BCUT2D eigenvalue weighted by atomic mass is 16.5. The second kappa shape index (κ2) is 7.99. The molecule has 4 N–H and O–H groups in total. The fraction of sp³-hybridized carbons (Fsp3) is 0.583. The molecule has 32 heavy (non-hydrogen) atoms. The van der Waals surface area contributed by atoms with Gasteiger partial charge in [0.05, 0.1) is 17.8 Å². The summed E-state index contributed by atoms with van der Waals surface area (Å²) < 4.78 is 3.21. The van der Waals surface area contributed by atoms with Gasteiger partial charge < -0.3 is 10.2 Å². The van der Waals surface area contributed by atoms with Crippen molar-refractivity contribution in [1.82, 2.24) is 14.6 Å². The van der Waals surface area contributed by atoms with Gasteiger partial charge in [-0.15, -0.1) is 0 Å². The molecule has 0 aliphatic heterocycles. The van der Waals surface area contributed by atoms with E-state index < -0.39 is 5.91 Å². The van der Waals surface area contributed by atoms with Crippen LogP contribution in [0.15, 0.2) is 29.1 Å². The maximum Gasteiger partial charge on any atom is 0.332 e. The minimum atomic E-state index is -0.500. The minimum Gasteiger partial charge on any atom is -0.508 e. The number of benzene rings is 1. The van der Waals surface area contributed by atoms with Gasteiger partial charge >= 0.3 is 5.69 Å². The molecule has 8 nitrogen and oxygen atoms in total. The number of carbonyl (C=O) groups is 1. The van der Waals surface area contributed by atoms with Crippen molar-refractivity contribution in [3.05, 3.63) is 46.0 Å². The summed E-state index contributed by atoms with van der Waals surface area (Å²) in [5.74, 6) is 1.45. The van der Waals surface area contributed by atoms with Gasteiger partial charge in [0.15, 0.2) is 0 Å². The number of imidazole rings is 1. The molecule has 172 valence electrons. The van der Waals surface area contributed by atoms with Crippen LogP contribution >= 0.6 is 0 Å². The molecular formula is C24H31N3O5. The van der Waals surface area contributed by atoms with Crippen LogP contribution in [0.1, 0.15) is 62.6 Å². The first kappa shape index (κ1) is 21.1. The van der Waals surface area contributed by atoms with Crippen LogP contribution in [0.5, 0.6) is 11.6 Å². The largest absolute Gasteiger partial charge is 0.508 e. The third kappa shape index (κ3) is 3.50. The number of aromatic hydroxyl groups is 2. The van der Waals surface area contributed by atoms with Crippen LogP contribution in [-0.4, -0.2) is 30.5 Å². The van der Waals surface area contributed by atoms with Crippen LogP contribution in [-0.2, 0) is 23.3 Å². The second-order valence-electron chi connectivity index (χ2n) is 10.1. The third-order valence-corrected chi connectivity index (χ3v) is 7.96. The molecule has 4 saturated carbocycles. The molecule has 1 amide bonds. The summed E-state index contributed by atoms with van der Waals surface area (Å²) in [5.41, 5.74) is 2.14. The molecule has 4 aliphatic carbocycles. The molecule has 2 aromatic rings. The van der Waals surface area contributed by atoms with Crippen LogP contribution in [0.4, 0.5) is 0 Å². The first-order valence-electron chi connectivity index (χ1n) is 11.6. The predicted molar refractivity (Wildman–Crippen MR) is 117 cm³/mol. The van der Waals surface area contributed by atoms with Gasteiger partial charge in [-0.3, -0.25) is 19.1 Å². The van der Waals surface area contributed by atoms with E-state index in [1.807, 2.05) is 0 Å². The van der Waals surface area contributed by atoms with Crippen LogP contribution in [0, 0.1) is 17.8 Å². The number of amides is 1. The number of hydroxylamine groups is 1. The SMILES string of the molecule is O=C(CCCc1c(O)n(C23CC4CC(CC(C4)C2)C3)c(=O)n1Cc1ccccc1O)NO. The summed E-state index contributed by atoms with van der Waals surface area (Å²) in [6.45, 7) is 0.153. The second-order valence-corrected chi connectivity index (χ2v) is 10.1. The highest BCUT2D eigenvalue weighted by Crippen LogP contribution is 2.59. The maximum absolute atomic E-state index is 13.8. The molecule has 0 saturated heterocycles. The average Bonchev–Trinajstić information content (AvgIpc) is 2.98. The Labute approximate surface area is 186 Å². The Bertz CT molecular complexity index is 1050. The molecule has 0 radical (unpaired) electrons. The number of hydrogen-bond acceptors (Lipinski definition) is 5. The fourth-order valence-electron chi connectivity index (χ4n) is 7.04. The number of hydrogen-bond donors (Lipinski definition) is 4. The molecule has 1 aromatic heterocycles. The normalized spacial score (nSPS) is 28.2. The highest BCUT2D eigenvalue weighted by molar-refractivity contribution is 5.74. The summed E-state index contributed by atoms with van der Waals surface area (Å²) in [6, 6.07) is 6.89. The number of phenolic OH excluding ortho intramolecular Hbond substituents is 1. The number of aromatic nitrogens is 2. The van der Waals surface area contributed by atoms with Crippen LogP contribution in [0.3, 0.4) is 0 Å². The van der Waals surface area contributed by atoms with E-state index in [2.05, 4.69) is 0 Å². The topological polar surface area (TPSA) is 117 Å². The molecule has 1 heterocycles. The molecule has 0 atom stereocenters. The van der Waals surface area contributed by atoms with Crippen molar-refractivity contribution < 1.29 is 20.2 Å². The summed E-state index contributed by atoms with van der Waals surface area (Å²) >= 11 is 0. The molecular weight excluding hydrogens is 410 g/mol. The Morgan fingerprint density at radius 2 is 1.69 bits per heavy atom. The van der Waals surface area contributed by atoms with Crippen LogP contribution < -0.4 is 11.2 Å². The number of nitrogens with one attached hydrogen (secondary N) is 1. The van der Waals surface area contributed by atoms with Crippen LogP contribution in [0.2, 0.25) is 0 Å². The molecule has 4 fully saturated rings. The quantitative estimate of drug-likeness (QED) is 0.389. The minimum absolute atomic E-state index is 0.00298. The first-order chi connectivity index (χ1) is 15.4. The van der Waals surface area contributed by atoms with E-state index in [-0.39, 0.29) is 35.8 Å². The Hall–Kier alpha value is -2.74. The summed E-state index contributed by atoms with van der Waals surface area (Å²) in [5, 5.41) is 30.4. The number of para-hydroxylation sites is 1. The van der Waals surface area contributed by atoms with E-state index >= 15 is 0 Å². The first-order valence-corrected chi connectivity index (χ1v) is 11.6. The lowest BCUT2D eigenvalue weighted by Gasteiger charge is -2.56. The molecule has 0 spiro atoms. The van der Waals surface area contributed by atoms with Crippen molar-refractivity contribution in [2.75, 3.05) is 0 Å².